The lowest BCUT2D eigenvalue weighted by atomic mass is 9.88. The molecule has 0 saturated carbocycles. The Kier molecular flexibility index (Phi) is 6.49. The fourth-order valence-electron chi connectivity index (χ4n) is 1.84. The number of hydrogen-bond donors (Lipinski definition) is 2. The van der Waals surface area contributed by atoms with Crippen LogP contribution in [0.3, 0.4) is 0 Å². The van der Waals surface area contributed by atoms with Crippen molar-refractivity contribution in [2.24, 2.45) is 11.7 Å². The summed E-state index contributed by atoms with van der Waals surface area (Å²) in [5, 5.41) is 10.2. The van der Waals surface area contributed by atoms with Gasteiger partial charge in [0.25, 0.3) is 0 Å². The summed E-state index contributed by atoms with van der Waals surface area (Å²) in [6.07, 6.45) is -0.183. The summed E-state index contributed by atoms with van der Waals surface area (Å²) < 4.78 is 5.26. The zero-order chi connectivity index (χ0) is 13.1. The topological polar surface area (TPSA) is 72.5 Å². The molecule has 0 saturated heterocycles. The molecule has 0 radical (unpaired) electrons. The second-order valence-electron chi connectivity index (χ2n) is 4.39. The van der Waals surface area contributed by atoms with E-state index in [1.165, 1.54) is 7.11 Å². The van der Waals surface area contributed by atoms with Gasteiger partial charge in [0.2, 0.25) is 0 Å². The number of benzene rings is 1. The number of aldehydes is 1. The van der Waals surface area contributed by atoms with Crippen LogP contribution in [0.25, 0.3) is 0 Å². The number of ether oxygens (including phenoxy) is 1. The Morgan fingerprint density at radius 1 is 1.39 bits per heavy atom. The minimum Gasteiger partial charge on any atom is -0.388 e. The molecular weight excluding hydrogens is 254 g/mol. The highest BCUT2D eigenvalue weighted by Gasteiger charge is 2.39. The molecule has 102 valence electrons. The molecule has 5 heteroatoms. The van der Waals surface area contributed by atoms with Crippen LogP contribution in [0.4, 0.5) is 0 Å². The summed E-state index contributed by atoms with van der Waals surface area (Å²) >= 11 is 0. The van der Waals surface area contributed by atoms with Crippen LogP contribution in [-0.2, 0) is 10.5 Å². The number of hydrogen-bond acceptors (Lipinski definition) is 4. The summed E-state index contributed by atoms with van der Waals surface area (Å²) in [6.45, 7) is 3.68. The number of carbonyl (C=O) groups excluding carboxylic acids is 1. The largest absolute Gasteiger partial charge is 0.388 e. The lowest BCUT2D eigenvalue weighted by molar-refractivity contribution is -0.122. The van der Waals surface area contributed by atoms with Gasteiger partial charge in [-0.1, -0.05) is 38.1 Å². The van der Waals surface area contributed by atoms with Crippen molar-refractivity contribution in [2.75, 3.05) is 7.11 Å². The number of methoxy groups -OCH3 is 1. The highest BCUT2D eigenvalue weighted by molar-refractivity contribution is 5.85. The molecule has 0 aliphatic heterocycles. The second-order valence-corrected chi connectivity index (χ2v) is 4.39. The van der Waals surface area contributed by atoms with Crippen molar-refractivity contribution in [3.63, 3.8) is 0 Å². The first kappa shape index (κ1) is 17.1. The maximum atomic E-state index is 11.0. The van der Waals surface area contributed by atoms with Crippen molar-refractivity contribution in [2.45, 2.75) is 25.7 Å². The molecular formula is C13H20ClNO3. The molecule has 0 aliphatic rings. The summed E-state index contributed by atoms with van der Waals surface area (Å²) in [7, 11) is 1.42. The summed E-state index contributed by atoms with van der Waals surface area (Å²) in [5.41, 5.74) is 5.67. The molecule has 0 aliphatic carbocycles. The molecule has 1 aromatic rings. The molecule has 0 amide bonds. The van der Waals surface area contributed by atoms with Crippen LogP contribution in [0.15, 0.2) is 24.3 Å². The van der Waals surface area contributed by atoms with Crippen LogP contribution < -0.4 is 5.73 Å². The smallest absolute Gasteiger partial charge is 0.169 e. The zero-order valence-corrected chi connectivity index (χ0v) is 11.6. The Hall–Kier alpha value is -0.940. The Balaban J connectivity index is 0.00000289. The minimum atomic E-state index is -1.37. The Bertz CT molecular complexity index is 398. The van der Waals surface area contributed by atoms with E-state index in [-0.39, 0.29) is 18.3 Å². The first-order valence-corrected chi connectivity index (χ1v) is 5.54. The van der Waals surface area contributed by atoms with Gasteiger partial charge in [-0.3, -0.25) is 10.5 Å². The molecule has 3 N–H and O–H groups in total. The van der Waals surface area contributed by atoms with E-state index in [2.05, 4.69) is 0 Å². The van der Waals surface area contributed by atoms with Crippen LogP contribution in [0.5, 0.6) is 0 Å². The number of aliphatic hydroxyl groups excluding tert-OH is 1. The number of halogens is 1. The SMILES string of the molecule is CO[C@](N)(c1ccccc1C=O)[C@H](O)C(C)C.Cl. The van der Waals surface area contributed by atoms with Gasteiger partial charge in [-0.25, -0.2) is 0 Å². The third-order valence-electron chi connectivity index (χ3n) is 2.92. The summed E-state index contributed by atoms with van der Waals surface area (Å²) in [5.74, 6) is -0.0836. The molecule has 4 nitrogen and oxygen atoms in total. The highest BCUT2D eigenvalue weighted by Crippen LogP contribution is 2.29. The van der Waals surface area contributed by atoms with Gasteiger partial charge in [0.1, 0.15) is 12.4 Å². The van der Waals surface area contributed by atoms with E-state index in [0.29, 0.717) is 17.4 Å². The fraction of sp³-hybridized carbons (Fsp3) is 0.462. The minimum absolute atomic E-state index is 0. The first-order chi connectivity index (χ1) is 7.97. The standard InChI is InChI=1S/C13H19NO3.ClH/c1-9(2)12(16)13(14,17-3)11-7-5-4-6-10(11)8-15;/h4-9,12,16H,14H2,1-3H3;1H/t12-,13-;/m1./s1. The van der Waals surface area contributed by atoms with E-state index >= 15 is 0 Å². The summed E-state index contributed by atoms with van der Waals surface area (Å²) in [6, 6.07) is 6.84. The van der Waals surface area contributed by atoms with Gasteiger partial charge in [0.15, 0.2) is 5.72 Å². The number of nitrogens with two attached hydrogens (primary N) is 1. The molecule has 2 atom stereocenters. The van der Waals surface area contributed by atoms with Gasteiger partial charge in [0.05, 0.1) is 0 Å². The van der Waals surface area contributed by atoms with Gasteiger partial charge >= 0.3 is 0 Å². The van der Waals surface area contributed by atoms with E-state index in [9.17, 15) is 9.90 Å². The monoisotopic (exact) mass is 273 g/mol. The molecule has 1 aromatic carbocycles. The fourth-order valence-corrected chi connectivity index (χ4v) is 1.84. The second kappa shape index (κ2) is 6.85. The molecule has 18 heavy (non-hydrogen) atoms. The lowest BCUT2D eigenvalue weighted by Gasteiger charge is -2.36. The molecule has 0 fully saturated rings. The van der Waals surface area contributed by atoms with Gasteiger partial charge in [0, 0.05) is 18.2 Å². The average Bonchev–Trinajstić information content (AvgIpc) is 2.36. The van der Waals surface area contributed by atoms with Crippen LogP contribution in [0, 0.1) is 5.92 Å². The average molecular weight is 274 g/mol. The quantitative estimate of drug-likeness (QED) is 0.633. The Morgan fingerprint density at radius 2 is 1.94 bits per heavy atom. The predicted molar refractivity (Wildman–Crippen MR) is 72.8 cm³/mol. The van der Waals surface area contributed by atoms with E-state index in [1.54, 1.807) is 24.3 Å². The van der Waals surface area contributed by atoms with Crippen molar-refractivity contribution >= 4 is 18.7 Å². The third kappa shape index (κ3) is 3.09. The van der Waals surface area contributed by atoms with Crippen LogP contribution in [-0.4, -0.2) is 24.6 Å². The third-order valence-corrected chi connectivity index (χ3v) is 2.92. The number of carbonyl (C=O) groups is 1. The Labute approximate surface area is 114 Å². The van der Waals surface area contributed by atoms with E-state index in [0.717, 1.165) is 0 Å². The molecule has 0 spiro atoms. The predicted octanol–water partition coefficient (Wildman–Crippen LogP) is 1.70. The van der Waals surface area contributed by atoms with E-state index in [1.807, 2.05) is 13.8 Å². The van der Waals surface area contributed by atoms with Gasteiger partial charge in [-0.15, -0.1) is 12.4 Å². The van der Waals surface area contributed by atoms with Crippen LogP contribution in [0.2, 0.25) is 0 Å². The van der Waals surface area contributed by atoms with E-state index < -0.39 is 11.8 Å². The molecule has 0 heterocycles. The van der Waals surface area contributed by atoms with Gasteiger partial charge in [-0.2, -0.15) is 0 Å². The summed E-state index contributed by atoms with van der Waals surface area (Å²) in [4.78, 5) is 11.0. The van der Waals surface area contributed by atoms with Gasteiger partial charge < -0.3 is 9.84 Å². The van der Waals surface area contributed by atoms with Crippen LogP contribution >= 0.6 is 12.4 Å². The Morgan fingerprint density at radius 3 is 2.39 bits per heavy atom. The number of aliphatic hydroxyl groups is 1. The highest BCUT2D eigenvalue weighted by atomic mass is 35.5. The van der Waals surface area contributed by atoms with Crippen molar-refractivity contribution in [1.82, 2.24) is 0 Å². The van der Waals surface area contributed by atoms with Crippen molar-refractivity contribution in [3.05, 3.63) is 35.4 Å². The van der Waals surface area contributed by atoms with Crippen molar-refractivity contribution in [3.8, 4) is 0 Å². The van der Waals surface area contributed by atoms with Crippen molar-refractivity contribution < 1.29 is 14.6 Å². The van der Waals surface area contributed by atoms with Gasteiger partial charge in [-0.05, 0) is 5.92 Å². The number of rotatable bonds is 5. The lowest BCUT2D eigenvalue weighted by Crippen LogP contribution is -2.52. The van der Waals surface area contributed by atoms with Crippen molar-refractivity contribution in [1.29, 1.82) is 0 Å². The molecule has 0 aromatic heterocycles. The molecule has 0 bridgehead atoms. The first-order valence-electron chi connectivity index (χ1n) is 5.54. The zero-order valence-electron chi connectivity index (χ0n) is 10.8. The molecule has 0 unspecified atom stereocenters. The normalized spacial score (nSPS) is 15.7. The maximum absolute atomic E-state index is 11.0. The van der Waals surface area contributed by atoms with Crippen LogP contribution in [0.1, 0.15) is 29.8 Å². The van der Waals surface area contributed by atoms with E-state index in [4.69, 9.17) is 10.5 Å². The maximum Gasteiger partial charge on any atom is 0.169 e. The molecule has 1 rings (SSSR count).